The number of anilines is 1. The van der Waals surface area contributed by atoms with Crippen molar-refractivity contribution in [2.75, 3.05) is 5.32 Å². The highest BCUT2D eigenvalue weighted by Crippen LogP contribution is 2.31. The number of aryl methyl sites for hydroxylation is 2. The lowest BCUT2D eigenvalue weighted by Crippen LogP contribution is -2.32. The van der Waals surface area contributed by atoms with Crippen molar-refractivity contribution in [3.8, 4) is 11.1 Å². The Kier molecular flexibility index (Phi) is 5.74. The first-order valence-electron chi connectivity index (χ1n) is 10.4. The third-order valence-corrected chi connectivity index (χ3v) is 6.74. The van der Waals surface area contributed by atoms with E-state index in [0.29, 0.717) is 10.2 Å². The second-order valence-electron chi connectivity index (χ2n) is 7.75. The van der Waals surface area contributed by atoms with Crippen LogP contribution in [0.4, 0.5) is 5.69 Å². The number of fused-ring (bicyclic) bond motifs is 1. The molecule has 2 aromatic carbocycles. The summed E-state index contributed by atoms with van der Waals surface area (Å²) in [5, 5.41) is 5.48. The molecule has 158 valence electrons. The highest BCUT2D eigenvalue weighted by Gasteiger charge is 2.21. The molecular weight excluding hydrogens is 406 g/mol. The van der Waals surface area contributed by atoms with Crippen LogP contribution in [0.25, 0.3) is 21.3 Å². The summed E-state index contributed by atoms with van der Waals surface area (Å²) in [5.41, 5.74) is 5.75. The Balaban J connectivity index is 1.70. The van der Waals surface area contributed by atoms with Gasteiger partial charge in [-0.2, -0.15) is 0 Å². The molecule has 2 aromatic heterocycles. The molecule has 1 amide bonds. The van der Waals surface area contributed by atoms with Crippen LogP contribution in [0.1, 0.15) is 36.6 Å². The molecule has 0 saturated heterocycles. The number of benzene rings is 2. The van der Waals surface area contributed by atoms with Gasteiger partial charge in [-0.25, -0.2) is 4.98 Å². The SMILES string of the molecule is CCc1ccc(-c2csc3ncn(C(C)C(=O)Nc4cccc(C)c4C)c(=O)c23)cc1. The predicted molar refractivity (Wildman–Crippen MR) is 128 cm³/mol. The largest absolute Gasteiger partial charge is 0.324 e. The van der Waals surface area contributed by atoms with Gasteiger partial charge in [0.15, 0.2) is 0 Å². The van der Waals surface area contributed by atoms with E-state index in [1.165, 1.54) is 27.8 Å². The topological polar surface area (TPSA) is 64.0 Å². The van der Waals surface area contributed by atoms with Crippen LogP contribution in [-0.4, -0.2) is 15.5 Å². The Labute approximate surface area is 185 Å². The molecule has 0 bridgehead atoms. The molecule has 0 aliphatic carbocycles. The molecule has 1 unspecified atom stereocenters. The van der Waals surface area contributed by atoms with Crippen LogP contribution in [0.2, 0.25) is 0 Å². The summed E-state index contributed by atoms with van der Waals surface area (Å²) in [4.78, 5) is 31.5. The zero-order valence-electron chi connectivity index (χ0n) is 18.1. The number of nitrogens with zero attached hydrogens (tertiary/aromatic N) is 2. The first-order valence-corrected chi connectivity index (χ1v) is 11.2. The number of hydrogen-bond donors (Lipinski definition) is 1. The van der Waals surface area contributed by atoms with Gasteiger partial charge in [-0.05, 0) is 55.5 Å². The summed E-state index contributed by atoms with van der Waals surface area (Å²) in [7, 11) is 0. The minimum Gasteiger partial charge on any atom is -0.324 e. The quantitative estimate of drug-likeness (QED) is 0.453. The average Bonchev–Trinajstić information content (AvgIpc) is 3.22. The summed E-state index contributed by atoms with van der Waals surface area (Å²) < 4.78 is 1.42. The van der Waals surface area contributed by atoms with Crippen molar-refractivity contribution >= 4 is 33.1 Å². The molecule has 31 heavy (non-hydrogen) atoms. The van der Waals surface area contributed by atoms with Crippen LogP contribution in [0.3, 0.4) is 0 Å². The van der Waals surface area contributed by atoms with E-state index in [0.717, 1.165) is 34.4 Å². The fourth-order valence-electron chi connectivity index (χ4n) is 3.60. The van der Waals surface area contributed by atoms with Gasteiger partial charge >= 0.3 is 0 Å². The second kappa shape index (κ2) is 8.47. The van der Waals surface area contributed by atoms with E-state index in [2.05, 4.69) is 29.4 Å². The van der Waals surface area contributed by atoms with E-state index < -0.39 is 6.04 Å². The van der Waals surface area contributed by atoms with Crippen molar-refractivity contribution in [3.63, 3.8) is 0 Å². The predicted octanol–water partition coefficient (Wildman–Crippen LogP) is 5.50. The number of carbonyl (C=O) groups excluding carboxylic acids is 1. The lowest BCUT2D eigenvalue weighted by atomic mass is 10.0. The average molecular weight is 432 g/mol. The molecule has 0 fully saturated rings. The van der Waals surface area contributed by atoms with Gasteiger partial charge in [-0.3, -0.25) is 14.2 Å². The van der Waals surface area contributed by atoms with Crippen LogP contribution >= 0.6 is 11.3 Å². The summed E-state index contributed by atoms with van der Waals surface area (Å²) in [5.74, 6) is -0.249. The third kappa shape index (κ3) is 3.91. The third-order valence-electron chi connectivity index (χ3n) is 5.85. The van der Waals surface area contributed by atoms with Crippen molar-refractivity contribution in [3.05, 3.63) is 81.2 Å². The minimum atomic E-state index is -0.695. The van der Waals surface area contributed by atoms with E-state index in [4.69, 9.17) is 0 Å². The molecule has 4 rings (SSSR count). The Bertz CT molecular complexity index is 1320. The van der Waals surface area contributed by atoms with Gasteiger partial charge in [0.05, 0.1) is 11.7 Å². The summed E-state index contributed by atoms with van der Waals surface area (Å²) >= 11 is 1.44. The molecule has 1 N–H and O–H groups in total. The molecular formula is C25H25N3O2S. The highest BCUT2D eigenvalue weighted by atomic mass is 32.1. The Morgan fingerprint density at radius 1 is 1.16 bits per heavy atom. The smallest absolute Gasteiger partial charge is 0.263 e. The number of aromatic nitrogens is 2. The standard InChI is InChI=1S/C25H25N3O2S/c1-5-18-9-11-19(12-10-18)20-13-31-24-22(20)25(30)28(14-26-24)17(4)23(29)27-21-8-6-7-15(2)16(21)3/h6-14,17H,5H2,1-4H3,(H,27,29). The van der Waals surface area contributed by atoms with Crippen molar-refractivity contribution in [1.29, 1.82) is 0 Å². The molecule has 1 atom stereocenters. The van der Waals surface area contributed by atoms with E-state index in [9.17, 15) is 9.59 Å². The first kappa shape index (κ1) is 21.0. The van der Waals surface area contributed by atoms with Gasteiger partial charge in [0.2, 0.25) is 5.91 Å². The highest BCUT2D eigenvalue weighted by molar-refractivity contribution is 7.17. The number of hydrogen-bond acceptors (Lipinski definition) is 4. The van der Waals surface area contributed by atoms with Crippen molar-refractivity contribution < 1.29 is 4.79 Å². The zero-order chi connectivity index (χ0) is 22.1. The van der Waals surface area contributed by atoms with E-state index in [1.54, 1.807) is 6.92 Å². The van der Waals surface area contributed by atoms with Gasteiger partial charge in [0, 0.05) is 16.6 Å². The lowest BCUT2D eigenvalue weighted by molar-refractivity contribution is -0.118. The van der Waals surface area contributed by atoms with Gasteiger partial charge < -0.3 is 5.32 Å². The van der Waals surface area contributed by atoms with Gasteiger partial charge in [0.25, 0.3) is 5.56 Å². The molecule has 0 radical (unpaired) electrons. The first-order chi connectivity index (χ1) is 14.9. The summed E-state index contributed by atoms with van der Waals surface area (Å²) in [6.45, 7) is 7.80. The number of rotatable bonds is 5. The second-order valence-corrected chi connectivity index (χ2v) is 8.61. The monoisotopic (exact) mass is 431 g/mol. The minimum absolute atomic E-state index is 0.204. The van der Waals surface area contributed by atoms with Crippen LogP contribution in [0, 0.1) is 13.8 Å². The van der Waals surface area contributed by atoms with Gasteiger partial charge in [-0.15, -0.1) is 11.3 Å². The van der Waals surface area contributed by atoms with Gasteiger partial charge in [0.1, 0.15) is 10.9 Å². The fourth-order valence-corrected chi connectivity index (χ4v) is 4.51. The number of nitrogens with one attached hydrogen (secondary N) is 1. The van der Waals surface area contributed by atoms with Crippen LogP contribution in [-0.2, 0) is 11.2 Å². The Morgan fingerprint density at radius 2 is 1.90 bits per heavy atom. The molecule has 0 saturated carbocycles. The van der Waals surface area contributed by atoms with Gasteiger partial charge in [-0.1, -0.05) is 43.3 Å². The van der Waals surface area contributed by atoms with Crippen LogP contribution in [0.5, 0.6) is 0 Å². The fraction of sp³-hybridized carbons (Fsp3) is 0.240. The van der Waals surface area contributed by atoms with E-state index in [-0.39, 0.29) is 11.5 Å². The molecule has 6 heteroatoms. The number of amides is 1. The normalized spacial score (nSPS) is 12.1. The van der Waals surface area contributed by atoms with E-state index >= 15 is 0 Å². The maximum atomic E-state index is 13.4. The van der Waals surface area contributed by atoms with Crippen molar-refractivity contribution in [2.24, 2.45) is 0 Å². The van der Waals surface area contributed by atoms with Crippen LogP contribution in [0.15, 0.2) is 59.0 Å². The summed E-state index contributed by atoms with van der Waals surface area (Å²) in [6.07, 6.45) is 2.44. The van der Waals surface area contributed by atoms with Crippen molar-refractivity contribution in [2.45, 2.75) is 40.2 Å². The molecule has 2 heterocycles. The molecule has 0 spiro atoms. The zero-order valence-corrected chi connectivity index (χ0v) is 18.9. The summed E-state index contributed by atoms with van der Waals surface area (Å²) in [6, 6.07) is 13.3. The Hall–Kier alpha value is -3.25. The Morgan fingerprint density at radius 3 is 2.61 bits per heavy atom. The molecule has 4 aromatic rings. The van der Waals surface area contributed by atoms with E-state index in [1.807, 2.05) is 49.6 Å². The molecule has 0 aliphatic rings. The van der Waals surface area contributed by atoms with Crippen LogP contribution < -0.4 is 10.9 Å². The maximum absolute atomic E-state index is 13.4. The van der Waals surface area contributed by atoms with Crippen molar-refractivity contribution in [1.82, 2.24) is 9.55 Å². The molecule has 0 aliphatic heterocycles. The lowest BCUT2D eigenvalue weighted by Gasteiger charge is -2.17. The maximum Gasteiger partial charge on any atom is 0.263 e. The molecule has 5 nitrogen and oxygen atoms in total. The number of carbonyl (C=O) groups is 1. The number of thiophene rings is 1.